The lowest BCUT2D eigenvalue weighted by Crippen LogP contribution is -2.11. The molecule has 2 heteroatoms. The molecule has 0 aliphatic carbocycles. The first kappa shape index (κ1) is 10.7. The first-order valence-corrected chi connectivity index (χ1v) is 5.46. The second kappa shape index (κ2) is 4.77. The predicted octanol–water partition coefficient (Wildman–Crippen LogP) is 3.56. The van der Waals surface area contributed by atoms with Gasteiger partial charge in [0.1, 0.15) is 0 Å². The molecule has 1 atom stereocenters. The molecule has 0 aromatic heterocycles. The van der Waals surface area contributed by atoms with Crippen LogP contribution in [0.25, 0.3) is 0 Å². The van der Waals surface area contributed by atoms with Gasteiger partial charge in [0.25, 0.3) is 0 Å². The van der Waals surface area contributed by atoms with E-state index in [0.717, 1.165) is 17.3 Å². The molecule has 2 N–H and O–H groups in total. The number of halogens is 1. The highest BCUT2D eigenvalue weighted by Crippen LogP contribution is 2.22. The van der Waals surface area contributed by atoms with Crippen LogP contribution in [0.4, 0.5) is 0 Å². The second-order valence-corrected chi connectivity index (χ2v) is 4.31. The summed E-state index contributed by atoms with van der Waals surface area (Å²) >= 11 is 3.44. The Morgan fingerprint density at radius 1 is 1.46 bits per heavy atom. The molecule has 0 radical (unpaired) electrons. The van der Waals surface area contributed by atoms with Crippen LogP contribution in [0.1, 0.15) is 36.9 Å². The normalized spacial score (nSPS) is 12.9. The molecule has 0 aliphatic heterocycles. The summed E-state index contributed by atoms with van der Waals surface area (Å²) in [6.07, 6.45) is 2.19. The summed E-state index contributed by atoms with van der Waals surface area (Å²) < 4.78 is 1.12. The van der Waals surface area contributed by atoms with Gasteiger partial charge < -0.3 is 5.73 Å². The first-order chi connectivity index (χ1) is 6.15. The summed E-state index contributed by atoms with van der Waals surface area (Å²) in [7, 11) is 0. The number of nitrogens with two attached hydrogens (primary N) is 1. The minimum absolute atomic E-state index is 0.193. The molecule has 0 spiro atoms. The van der Waals surface area contributed by atoms with Crippen molar-refractivity contribution in [3.63, 3.8) is 0 Å². The third-order valence-electron chi connectivity index (χ3n) is 2.23. The summed E-state index contributed by atoms with van der Waals surface area (Å²) in [6, 6.07) is 6.47. The van der Waals surface area contributed by atoms with Crippen molar-refractivity contribution in [3.8, 4) is 0 Å². The standard InChI is InChI=1S/C11H16BrN/c1-3-4-11(13)10-6-5-9(12)7-8(10)2/h5-7,11H,3-4,13H2,1-2H3. The second-order valence-electron chi connectivity index (χ2n) is 3.40. The maximum absolute atomic E-state index is 6.04. The molecule has 1 aromatic carbocycles. The Bertz CT molecular complexity index is 283. The van der Waals surface area contributed by atoms with Crippen molar-refractivity contribution in [2.24, 2.45) is 5.73 Å². The number of aryl methyl sites for hydroxylation is 1. The van der Waals surface area contributed by atoms with Crippen LogP contribution >= 0.6 is 15.9 Å². The highest BCUT2D eigenvalue weighted by molar-refractivity contribution is 9.10. The molecule has 0 saturated heterocycles. The van der Waals surface area contributed by atoms with Crippen molar-refractivity contribution in [2.75, 3.05) is 0 Å². The third kappa shape index (κ3) is 2.82. The van der Waals surface area contributed by atoms with E-state index in [4.69, 9.17) is 5.73 Å². The monoisotopic (exact) mass is 241 g/mol. The van der Waals surface area contributed by atoms with Gasteiger partial charge in [0.2, 0.25) is 0 Å². The maximum Gasteiger partial charge on any atom is 0.0297 e. The number of hydrogen-bond donors (Lipinski definition) is 1. The Kier molecular flexibility index (Phi) is 3.94. The molecule has 1 unspecified atom stereocenters. The lowest BCUT2D eigenvalue weighted by molar-refractivity contribution is 0.635. The van der Waals surface area contributed by atoms with E-state index in [-0.39, 0.29) is 6.04 Å². The number of hydrogen-bond acceptors (Lipinski definition) is 1. The molecule has 1 aromatic rings. The van der Waals surface area contributed by atoms with Gasteiger partial charge in [-0.15, -0.1) is 0 Å². The van der Waals surface area contributed by atoms with Crippen LogP contribution in [-0.4, -0.2) is 0 Å². The molecule has 1 rings (SSSR count). The van der Waals surface area contributed by atoms with Gasteiger partial charge in [-0.05, 0) is 36.6 Å². The fourth-order valence-electron chi connectivity index (χ4n) is 1.52. The maximum atomic E-state index is 6.04. The zero-order valence-electron chi connectivity index (χ0n) is 8.18. The zero-order valence-corrected chi connectivity index (χ0v) is 9.76. The van der Waals surface area contributed by atoms with Crippen molar-refractivity contribution in [1.29, 1.82) is 0 Å². The summed E-state index contributed by atoms with van der Waals surface area (Å²) in [5, 5.41) is 0. The lowest BCUT2D eigenvalue weighted by Gasteiger charge is -2.13. The van der Waals surface area contributed by atoms with Crippen molar-refractivity contribution >= 4 is 15.9 Å². The van der Waals surface area contributed by atoms with E-state index in [9.17, 15) is 0 Å². The molecular weight excluding hydrogens is 226 g/mol. The number of benzene rings is 1. The average Bonchev–Trinajstić information content (AvgIpc) is 2.04. The van der Waals surface area contributed by atoms with Crippen molar-refractivity contribution in [3.05, 3.63) is 33.8 Å². The molecular formula is C11H16BrN. The smallest absolute Gasteiger partial charge is 0.0297 e. The van der Waals surface area contributed by atoms with Crippen molar-refractivity contribution in [1.82, 2.24) is 0 Å². The Balaban J connectivity index is 2.88. The van der Waals surface area contributed by atoms with Crippen LogP contribution < -0.4 is 5.73 Å². The summed E-state index contributed by atoms with van der Waals surface area (Å²) in [4.78, 5) is 0. The minimum atomic E-state index is 0.193. The van der Waals surface area contributed by atoms with E-state index >= 15 is 0 Å². The molecule has 1 nitrogen and oxygen atoms in total. The quantitative estimate of drug-likeness (QED) is 0.861. The van der Waals surface area contributed by atoms with Gasteiger partial charge in [0.05, 0.1) is 0 Å². The van der Waals surface area contributed by atoms with Gasteiger partial charge in [-0.1, -0.05) is 35.3 Å². The first-order valence-electron chi connectivity index (χ1n) is 4.66. The molecule has 0 bridgehead atoms. The molecule has 0 saturated carbocycles. The fraction of sp³-hybridized carbons (Fsp3) is 0.455. The van der Waals surface area contributed by atoms with Crippen LogP contribution in [0.5, 0.6) is 0 Å². The van der Waals surface area contributed by atoms with Crippen LogP contribution in [0.2, 0.25) is 0 Å². The largest absolute Gasteiger partial charge is 0.324 e. The average molecular weight is 242 g/mol. The fourth-order valence-corrected chi connectivity index (χ4v) is 2.00. The van der Waals surface area contributed by atoms with Crippen LogP contribution in [0, 0.1) is 6.92 Å². The van der Waals surface area contributed by atoms with Gasteiger partial charge >= 0.3 is 0 Å². The SMILES string of the molecule is CCCC(N)c1ccc(Br)cc1C. The van der Waals surface area contributed by atoms with E-state index in [1.165, 1.54) is 11.1 Å². The van der Waals surface area contributed by atoms with Gasteiger partial charge in [0, 0.05) is 10.5 Å². The van der Waals surface area contributed by atoms with E-state index < -0.39 is 0 Å². The summed E-state index contributed by atoms with van der Waals surface area (Å²) in [6.45, 7) is 4.27. The molecule has 0 fully saturated rings. The van der Waals surface area contributed by atoms with E-state index in [0.29, 0.717) is 0 Å². The van der Waals surface area contributed by atoms with Crippen LogP contribution in [-0.2, 0) is 0 Å². The molecule has 13 heavy (non-hydrogen) atoms. The van der Waals surface area contributed by atoms with Gasteiger partial charge in [0.15, 0.2) is 0 Å². The Morgan fingerprint density at radius 3 is 2.69 bits per heavy atom. The predicted molar refractivity (Wildman–Crippen MR) is 60.7 cm³/mol. The highest BCUT2D eigenvalue weighted by atomic mass is 79.9. The Labute approximate surface area is 88.5 Å². The Morgan fingerprint density at radius 2 is 2.15 bits per heavy atom. The van der Waals surface area contributed by atoms with Crippen molar-refractivity contribution in [2.45, 2.75) is 32.7 Å². The van der Waals surface area contributed by atoms with E-state index in [1.807, 2.05) is 0 Å². The van der Waals surface area contributed by atoms with E-state index in [1.54, 1.807) is 0 Å². The third-order valence-corrected chi connectivity index (χ3v) is 2.72. The Hall–Kier alpha value is -0.340. The van der Waals surface area contributed by atoms with Crippen LogP contribution in [0.3, 0.4) is 0 Å². The zero-order chi connectivity index (χ0) is 9.84. The van der Waals surface area contributed by atoms with Gasteiger partial charge in [-0.3, -0.25) is 0 Å². The lowest BCUT2D eigenvalue weighted by atomic mass is 9.99. The number of rotatable bonds is 3. The van der Waals surface area contributed by atoms with Gasteiger partial charge in [-0.2, -0.15) is 0 Å². The van der Waals surface area contributed by atoms with E-state index in [2.05, 4.69) is 48.0 Å². The minimum Gasteiger partial charge on any atom is -0.324 e. The summed E-state index contributed by atoms with van der Waals surface area (Å²) in [5.74, 6) is 0. The molecule has 0 heterocycles. The highest BCUT2D eigenvalue weighted by Gasteiger charge is 2.07. The molecule has 0 amide bonds. The van der Waals surface area contributed by atoms with Gasteiger partial charge in [-0.25, -0.2) is 0 Å². The molecule has 72 valence electrons. The molecule has 0 aliphatic rings. The van der Waals surface area contributed by atoms with Crippen molar-refractivity contribution < 1.29 is 0 Å². The van der Waals surface area contributed by atoms with Crippen LogP contribution in [0.15, 0.2) is 22.7 Å². The summed E-state index contributed by atoms with van der Waals surface area (Å²) in [5.41, 5.74) is 8.58. The topological polar surface area (TPSA) is 26.0 Å².